The summed E-state index contributed by atoms with van der Waals surface area (Å²) in [6.07, 6.45) is 17.5. The number of para-hydroxylation sites is 1. The van der Waals surface area contributed by atoms with Crippen LogP contribution in [0.2, 0.25) is 0 Å². The molecule has 5 rings (SSSR count). The summed E-state index contributed by atoms with van der Waals surface area (Å²) >= 11 is 0. The maximum atomic E-state index is 9.54. The number of hydrogen-bond acceptors (Lipinski definition) is 3. The minimum Gasteiger partial charge on any atom is -0.383 e. The number of fused-ring (bicyclic) bond motifs is 1. The normalized spacial score (nSPS) is 14.9. The van der Waals surface area contributed by atoms with Gasteiger partial charge in [-0.3, -0.25) is 4.99 Å². The van der Waals surface area contributed by atoms with Gasteiger partial charge in [0.15, 0.2) is 5.84 Å². The summed E-state index contributed by atoms with van der Waals surface area (Å²) in [5.74, 6) is 0.728. The summed E-state index contributed by atoms with van der Waals surface area (Å²) in [7, 11) is 0. The van der Waals surface area contributed by atoms with E-state index in [-0.39, 0.29) is 5.92 Å². The molecule has 1 unspecified atom stereocenters. The molecule has 1 heterocycles. The minimum atomic E-state index is -0.196. The fraction of sp³-hybridized carbons (Fsp3) is 0.208. The largest absolute Gasteiger partial charge is 0.383 e. The highest BCUT2D eigenvalue weighted by Gasteiger charge is 2.20. The Morgan fingerprint density at radius 2 is 1.69 bits per heavy atom. The van der Waals surface area contributed by atoms with Crippen LogP contribution in [-0.4, -0.2) is 22.8 Å². The van der Waals surface area contributed by atoms with Crippen LogP contribution in [0, 0.1) is 28.6 Å². The van der Waals surface area contributed by atoms with Gasteiger partial charge in [-0.2, -0.15) is 10.5 Å². The molecule has 3 aromatic carbocycles. The summed E-state index contributed by atoms with van der Waals surface area (Å²) in [5, 5.41) is 20.3. The average Bonchev–Trinajstić information content (AvgIpc) is 3.41. The second-order valence-electron chi connectivity index (χ2n) is 13.5. The number of allylic oxidation sites excluding steroid dienone is 11. The third-order valence-corrected chi connectivity index (χ3v) is 9.48. The van der Waals surface area contributed by atoms with Crippen molar-refractivity contribution in [3.05, 3.63) is 178 Å². The molecule has 270 valence electrons. The monoisotopic (exact) mass is 708 g/mol. The van der Waals surface area contributed by atoms with Crippen molar-refractivity contribution in [1.29, 1.82) is 10.5 Å². The molecule has 0 spiro atoms. The number of aliphatic imine (C=N–C) groups is 2. The van der Waals surface area contributed by atoms with Crippen molar-refractivity contribution < 1.29 is 0 Å². The second-order valence-corrected chi connectivity index (χ2v) is 13.5. The Bertz CT molecular complexity index is 2320. The Morgan fingerprint density at radius 3 is 2.37 bits per heavy atom. The lowest BCUT2D eigenvalue weighted by molar-refractivity contribution is 0.957. The van der Waals surface area contributed by atoms with E-state index in [1.807, 2.05) is 86.7 Å². The van der Waals surface area contributed by atoms with E-state index in [0.717, 1.165) is 46.3 Å². The molecule has 0 saturated heterocycles. The summed E-state index contributed by atoms with van der Waals surface area (Å²) in [4.78, 5) is 9.77. The molecule has 0 radical (unpaired) electrons. The van der Waals surface area contributed by atoms with Crippen LogP contribution in [0.5, 0.6) is 0 Å². The summed E-state index contributed by atoms with van der Waals surface area (Å²) in [6, 6.07) is 32.7. The van der Waals surface area contributed by atoms with Crippen LogP contribution in [0.4, 0.5) is 0 Å². The van der Waals surface area contributed by atoms with Crippen LogP contribution in [0.1, 0.15) is 69.3 Å². The van der Waals surface area contributed by atoms with E-state index in [0.29, 0.717) is 36.6 Å². The molecule has 0 bridgehead atoms. The van der Waals surface area contributed by atoms with Gasteiger partial charge in [0.25, 0.3) is 0 Å². The molecule has 0 saturated carbocycles. The van der Waals surface area contributed by atoms with Gasteiger partial charge in [0.05, 0.1) is 30.1 Å². The van der Waals surface area contributed by atoms with Crippen LogP contribution >= 0.6 is 0 Å². The van der Waals surface area contributed by atoms with Crippen molar-refractivity contribution in [2.24, 2.45) is 21.6 Å². The fourth-order valence-corrected chi connectivity index (χ4v) is 6.55. The van der Waals surface area contributed by atoms with Gasteiger partial charge in [0.2, 0.25) is 0 Å². The van der Waals surface area contributed by atoms with E-state index in [4.69, 9.17) is 15.7 Å². The molecule has 2 N–H and O–H groups in total. The number of nitrogens with two attached hydrogens (primary N) is 1. The Morgan fingerprint density at radius 1 is 1.00 bits per heavy atom. The van der Waals surface area contributed by atoms with Gasteiger partial charge in [-0.05, 0) is 74.5 Å². The number of hydrogen-bond donors (Lipinski definition) is 1. The molecule has 0 aliphatic heterocycles. The average molecular weight is 709 g/mol. The van der Waals surface area contributed by atoms with Gasteiger partial charge in [-0.15, -0.1) is 0 Å². The molecule has 0 amide bonds. The van der Waals surface area contributed by atoms with Crippen molar-refractivity contribution in [2.75, 3.05) is 6.54 Å². The SMILES string of the molecule is C=C(/C=C(\C/C=C(\C)C#N)C/N=C(\N=C(/N)c1ccccc1)c1ccccc1)CC1=CC=CCC(n2c(/C=C\C(C)C#N)c(CC)c3ccccc32)=C1C. The van der Waals surface area contributed by atoms with Gasteiger partial charge in [-0.25, -0.2) is 4.99 Å². The van der Waals surface area contributed by atoms with E-state index >= 15 is 0 Å². The third-order valence-electron chi connectivity index (χ3n) is 9.48. The maximum Gasteiger partial charge on any atom is 0.157 e. The van der Waals surface area contributed by atoms with Gasteiger partial charge in [0.1, 0.15) is 5.84 Å². The molecule has 4 aromatic rings. The van der Waals surface area contributed by atoms with E-state index < -0.39 is 0 Å². The fourth-order valence-electron chi connectivity index (χ4n) is 6.55. The Hall–Kier alpha value is -6.50. The maximum absolute atomic E-state index is 9.54. The van der Waals surface area contributed by atoms with E-state index in [1.165, 1.54) is 27.8 Å². The van der Waals surface area contributed by atoms with Crippen LogP contribution in [0.25, 0.3) is 22.7 Å². The Kier molecular flexibility index (Phi) is 13.5. The highest BCUT2D eigenvalue weighted by Crippen LogP contribution is 2.37. The van der Waals surface area contributed by atoms with Crippen LogP contribution in [0.15, 0.2) is 166 Å². The smallest absolute Gasteiger partial charge is 0.157 e. The first-order valence-electron chi connectivity index (χ1n) is 18.4. The predicted molar refractivity (Wildman–Crippen MR) is 227 cm³/mol. The highest BCUT2D eigenvalue weighted by molar-refractivity contribution is 6.11. The van der Waals surface area contributed by atoms with Crippen molar-refractivity contribution in [3.63, 3.8) is 0 Å². The van der Waals surface area contributed by atoms with Crippen molar-refractivity contribution in [2.45, 2.75) is 53.4 Å². The van der Waals surface area contributed by atoms with Crippen LogP contribution in [0.3, 0.4) is 0 Å². The molecule has 1 atom stereocenters. The molecule has 6 heteroatoms. The molecular formula is C48H48N6. The van der Waals surface area contributed by atoms with Crippen molar-refractivity contribution in [1.82, 2.24) is 4.57 Å². The first-order chi connectivity index (χ1) is 26.2. The number of amidine groups is 2. The molecule has 1 aromatic heterocycles. The van der Waals surface area contributed by atoms with Gasteiger partial charge >= 0.3 is 0 Å². The summed E-state index contributed by atoms with van der Waals surface area (Å²) < 4.78 is 2.38. The third kappa shape index (κ3) is 9.68. The first kappa shape index (κ1) is 38.7. The molecule has 1 aliphatic rings. The number of benzene rings is 3. The Balaban J connectivity index is 1.52. The molecule has 1 aliphatic carbocycles. The first-order valence-corrected chi connectivity index (χ1v) is 18.4. The molecular weight excluding hydrogens is 661 g/mol. The number of aromatic nitrogens is 1. The van der Waals surface area contributed by atoms with Crippen molar-refractivity contribution >= 4 is 34.3 Å². The lowest BCUT2D eigenvalue weighted by Crippen LogP contribution is -2.16. The second kappa shape index (κ2) is 18.8. The lowest BCUT2D eigenvalue weighted by Gasteiger charge is -2.18. The van der Waals surface area contributed by atoms with E-state index in [2.05, 4.69) is 91.8 Å². The number of rotatable bonds is 13. The van der Waals surface area contributed by atoms with Gasteiger partial charge in [-0.1, -0.05) is 134 Å². The number of nitrogens with zero attached hydrogens (tertiary/aromatic N) is 5. The van der Waals surface area contributed by atoms with Gasteiger partial charge < -0.3 is 10.3 Å². The van der Waals surface area contributed by atoms with Crippen LogP contribution < -0.4 is 5.73 Å². The van der Waals surface area contributed by atoms with E-state index in [1.54, 1.807) is 0 Å². The lowest BCUT2D eigenvalue weighted by atomic mass is 9.96. The predicted octanol–water partition coefficient (Wildman–Crippen LogP) is 11.1. The van der Waals surface area contributed by atoms with Crippen molar-refractivity contribution in [3.8, 4) is 12.1 Å². The topological polar surface area (TPSA) is 103 Å². The van der Waals surface area contributed by atoms with E-state index in [9.17, 15) is 10.5 Å². The Labute approximate surface area is 320 Å². The number of nitriles is 2. The molecule has 0 fully saturated rings. The zero-order valence-electron chi connectivity index (χ0n) is 31.8. The zero-order chi connectivity index (χ0) is 38.5. The minimum absolute atomic E-state index is 0.196. The quantitative estimate of drug-likeness (QED) is 0.0647. The molecule has 54 heavy (non-hydrogen) atoms. The zero-order valence-corrected chi connectivity index (χ0v) is 31.8. The standard InChI is InChI=1S/C48H48N6/c1-6-42-43-22-14-16-24-45(43)54(46(42)28-26-35(3)32-50)44-23-15-13-21-41(37(44)5)30-36(4)29-38(27-25-34(2)31-49)33-52-48(40-19-11-8-12-20-40)53-47(51)39-17-9-7-10-18-39/h7-22,24-26,28-29,35H,4,6,23,27,30,33H2,1-3,5H3,(H2,51,52,53)/b28-26-,34-25+,38-29+. The number of aryl methyl sites for hydroxylation is 1. The summed E-state index contributed by atoms with van der Waals surface area (Å²) in [6.45, 7) is 13.0. The van der Waals surface area contributed by atoms with Crippen LogP contribution in [-0.2, 0) is 6.42 Å². The highest BCUT2D eigenvalue weighted by atomic mass is 15.0. The molecule has 6 nitrogen and oxygen atoms in total. The summed E-state index contributed by atoms with van der Waals surface area (Å²) in [5.41, 5.74) is 17.9. The van der Waals surface area contributed by atoms with Gasteiger partial charge in [0, 0.05) is 39.9 Å².